The summed E-state index contributed by atoms with van der Waals surface area (Å²) in [4.78, 5) is 7.10. The summed E-state index contributed by atoms with van der Waals surface area (Å²) in [5, 5.41) is 7.60. The number of rotatable bonds is 1. The molecular formula is C7H12N2Sn. The molecule has 0 unspecified atom stereocenters. The first-order valence-electron chi connectivity index (χ1n) is 3.38. The van der Waals surface area contributed by atoms with E-state index in [2.05, 4.69) is 31.1 Å². The molecule has 0 aliphatic rings. The first kappa shape index (κ1) is 7.98. The molecule has 10 heavy (non-hydrogen) atoms. The molecule has 0 spiro atoms. The van der Waals surface area contributed by atoms with E-state index >= 15 is 0 Å². The van der Waals surface area contributed by atoms with E-state index in [9.17, 15) is 0 Å². The Bertz CT molecular complexity index is 203. The van der Waals surface area contributed by atoms with Crippen LogP contribution in [0, 0.1) is 0 Å². The third-order valence-electron chi connectivity index (χ3n) is 1.45. The number of aromatic nitrogens is 2. The molecule has 0 aromatic carbocycles. The van der Waals surface area contributed by atoms with Gasteiger partial charge < -0.3 is 0 Å². The van der Waals surface area contributed by atoms with Crippen LogP contribution in [-0.4, -0.2) is 28.6 Å². The molecule has 3 heteroatoms. The molecule has 0 saturated carbocycles. The molecule has 0 fully saturated rings. The van der Waals surface area contributed by atoms with Gasteiger partial charge >= 0.3 is 65.4 Å². The van der Waals surface area contributed by atoms with Gasteiger partial charge in [-0.05, 0) is 0 Å². The molecule has 0 amide bonds. The molecule has 0 N–H and O–H groups in total. The van der Waals surface area contributed by atoms with Crippen LogP contribution < -0.4 is 3.58 Å². The Balaban J connectivity index is 2.97. The fourth-order valence-corrected chi connectivity index (χ4v) is 3.64. The van der Waals surface area contributed by atoms with Crippen molar-refractivity contribution in [2.24, 2.45) is 0 Å². The molecule has 2 nitrogen and oxygen atoms in total. The summed E-state index contributed by atoms with van der Waals surface area (Å²) in [6.45, 7) is 0. The summed E-state index contributed by atoms with van der Waals surface area (Å²) in [5.74, 6) is 0. The maximum atomic E-state index is 3.85. The van der Waals surface area contributed by atoms with Gasteiger partial charge in [0.25, 0.3) is 0 Å². The Morgan fingerprint density at radius 2 is 1.90 bits per heavy atom. The van der Waals surface area contributed by atoms with E-state index in [1.165, 1.54) is 3.58 Å². The first-order valence-corrected chi connectivity index (χ1v) is 13.4. The number of hydrogen-bond acceptors (Lipinski definition) is 2. The molecule has 0 radical (unpaired) electrons. The predicted octanol–water partition coefficient (Wildman–Crippen LogP) is 1.02. The summed E-state index contributed by atoms with van der Waals surface area (Å²) in [6, 6.07) is 2.09. The average Bonchev–Trinajstić information content (AvgIpc) is 1.88. The van der Waals surface area contributed by atoms with Crippen LogP contribution in [0.25, 0.3) is 0 Å². The molecule has 0 aliphatic carbocycles. The fourth-order valence-electron chi connectivity index (χ4n) is 0.734. The molecular weight excluding hydrogens is 231 g/mol. The zero-order chi connectivity index (χ0) is 7.61. The minimum atomic E-state index is -1.81. The van der Waals surface area contributed by atoms with Gasteiger partial charge in [0.05, 0.1) is 0 Å². The normalized spacial score (nSPS) is 11.5. The van der Waals surface area contributed by atoms with Gasteiger partial charge in [-0.3, -0.25) is 0 Å². The summed E-state index contributed by atoms with van der Waals surface area (Å²) < 4.78 is 1.43. The van der Waals surface area contributed by atoms with Crippen LogP contribution >= 0.6 is 0 Å². The van der Waals surface area contributed by atoms with Gasteiger partial charge in [-0.15, -0.1) is 0 Å². The second-order valence-corrected chi connectivity index (χ2v) is 17.9. The summed E-state index contributed by atoms with van der Waals surface area (Å²) in [5.41, 5.74) is 0. The minimum absolute atomic E-state index is 1.43. The second kappa shape index (κ2) is 2.86. The van der Waals surface area contributed by atoms with Crippen molar-refractivity contribution in [3.63, 3.8) is 0 Å². The second-order valence-electron chi connectivity index (χ2n) is 3.38. The number of nitrogens with zero attached hydrogens (tertiary/aromatic N) is 2. The predicted molar refractivity (Wildman–Crippen MR) is 45.0 cm³/mol. The molecule has 0 aliphatic heterocycles. The topological polar surface area (TPSA) is 25.8 Å². The molecule has 1 rings (SSSR count). The van der Waals surface area contributed by atoms with Gasteiger partial charge in [0, 0.05) is 0 Å². The molecule has 0 atom stereocenters. The molecule has 0 bridgehead atoms. The van der Waals surface area contributed by atoms with Crippen molar-refractivity contribution in [1.29, 1.82) is 0 Å². The van der Waals surface area contributed by atoms with Crippen LogP contribution in [0.2, 0.25) is 14.8 Å². The Labute approximate surface area is 65.6 Å². The van der Waals surface area contributed by atoms with Gasteiger partial charge in [-0.25, -0.2) is 0 Å². The maximum absolute atomic E-state index is 3.85. The summed E-state index contributed by atoms with van der Waals surface area (Å²) >= 11 is -1.81. The van der Waals surface area contributed by atoms with Crippen LogP contribution in [-0.2, 0) is 0 Å². The Morgan fingerprint density at radius 3 is 2.20 bits per heavy atom. The van der Waals surface area contributed by atoms with Crippen LogP contribution in [0.4, 0.5) is 0 Å². The Hall–Kier alpha value is -0.121. The monoisotopic (exact) mass is 244 g/mol. The van der Waals surface area contributed by atoms with Gasteiger partial charge in [0.2, 0.25) is 0 Å². The van der Waals surface area contributed by atoms with Crippen molar-refractivity contribution in [2.45, 2.75) is 14.8 Å². The third kappa shape index (κ3) is 1.94. The molecule has 1 heterocycles. The standard InChI is InChI=1S/C4H3N2.3CH3.Sn/c1-2-4-6-5-3-1;;;;/h1,3-4H;3*1H3;. The zero-order valence-electron chi connectivity index (χ0n) is 6.63. The van der Waals surface area contributed by atoms with E-state index in [1.807, 2.05) is 6.20 Å². The summed E-state index contributed by atoms with van der Waals surface area (Å²) in [6.07, 6.45) is 3.67. The van der Waals surface area contributed by atoms with Crippen molar-refractivity contribution < 1.29 is 0 Å². The zero-order valence-corrected chi connectivity index (χ0v) is 9.48. The van der Waals surface area contributed by atoms with Crippen molar-refractivity contribution in [1.82, 2.24) is 10.2 Å². The number of hydrogen-bond donors (Lipinski definition) is 0. The van der Waals surface area contributed by atoms with Crippen molar-refractivity contribution in [2.75, 3.05) is 0 Å². The van der Waals surface area contributed by atoms with Crippen molar-refractivity contribution >= 4 is 22.0 Å². The third-order valence-corrected chi connectivity index (χ3v) is 7.24. The van der Waals surface area contributed by atoms with Crippen LogP contribution in [0.3, 0.4) is 0 Å². The Morgan fingerprint density at radius 1 is 1.20 bits per heavy atom. The van der Waals surface area contributed by atoms with E-state index in [1.54, 1.807) is 6.20 Å². The fraction of sp³-hybridized carbons (Fsp3) is 0.429. The summed E-state index contributed by atoms with van der Waals surface area (Å²) in [7, 11) is 0. The van der Waals surface area contributed by atoms with Crippen molar-refractivity contribution in [3.8, 4) is 0 Å². The van der Waals surface area contributed by atoms with Crippen molar-refractivity contribution in [3.05, 3.63) is 18.5 Å². The quantitative estimate of drug-likeness (QED) is 0.688. The van der Waals surface area contributed by atoms with Crippen LogP contribution in [0.15, 0.2) is 18.5 Å². The van der Waals surface area contributed by atoms with E-state index in [-0.39, 0.29) is 0 Å². The van der Waals surface area contributed by atoms with Gasteiger partial charge in [-0.2, -0.15) is 0 Å². The van der Waals surface area contributed by atoms with E-state index in [4.69, 9.17) is 0 Å². The van der Waals surface area contributed by atoms with E-state index < -0.39 is 18.4 Å². The van der Waals surface area contributed by atoms with Crippen LogP contribution in [0.5, 0.6) is 0 Å². The van der Waals surface area contributed by atoms with Gasteiger partial charge in [0.15, 0.2) is 0 Å². The average molecular weight is 243 g/mol. The van der Waals surface area contributed by atoms with Gasteiger partial charge in [-0.1, -0.05) is 0 Å². The first-order chi connectivity index (χ1) is 4.61. The molecule has 0 saturated heterocycles. The molecule has 54 valence electrons. The SMILES string of the molecule is [CH3][Sn]([CH3])([CH3])[c]1ccnnc1. The Kier molecular flexibility index (Phi) is 2.28. The van der Waals surface area contributed by atoms with Crippen LogP contribution in [0.1, 0.15) is 0 Å². The van der Waals surface area contributed by atoms with Gasteiger partial charge in [0.1, 0.15) is 0 Å². The molecule has 1 aromatic heterocycles. The molecule has 1 aromatic rings. The van der Waals surface area contributed by atoms with E-state index in [0.29, 0.717) is 0 Å². The van der Waals surface area contributed by atoms with E-state index in [0.717, 1.165) is 0 Å².